The molecule has 5 nitrogen and oxygen atoms in total. The van der Waals surface area contributed by atoms with Crippen molar-refractivity contribution in [2.45, 2.75) is 0 Å². The van der Waals surface area contributed by atoms with Gasteiger partial charge in [-0.05, 0) is 18.2 Å². The van der Waals surface area contributed by atoms with Crippen LogP contribution in [0.25, 0.3) is 0 Å². The number of rotatable bonds is 4. The lowest BCUT2D eigenvalue weighted by atomic mass is 10.2. The highest BCUT2D eigenvalue weighted by Crippen LogP contribution is 2.18. The number of hydrogen-bond donors (Lipinski definition) is 2. The van der Waals surface area contributed by atoms with Gasteiger partial charge in [-0.2, -0.15) is 5.26 Å². The Kier molecular flexibility index (Phi) is 4.29. The van der Waals surface area contributed by atoms with Crippen molar-refractivity contribution < 1.29 is 8.42 Å². The first-order chi connectivity index (χ1) is 7.40. The average Bonchev–Trinajstić information content (AvgIpc) is 2.14. The highest BCUT2D eigenvalue weighted by Gasteiger charge is 2.03. The first-order valence-electron chi connectivity index (χ1n) is 4.36. The minimum Gasteiger partial charge on any atom is -0.384 e. The molecule has 0 radical (unpaired) electrons. The number of sulfonamides is 1. The van der Waals surface area contributed by atoms with E-state index in [9.17, 15) is 8.42 Å². The van der Waals surface area contributed by atoms with Gasteiger partial charge in [-0.15, -0.1) is 0 Å². The summed E-state index contributed by atoms with van der Waals surface area (Å²) in [6.07, 6.45) is 0. The van der Waals surface area contributed by atoms with Crippen LogP contribution in [0.5, 0.6) is 0 Å². The maximum absolute atomic E-state index is 10.7. The smallest absolute Gasteiger partial charge is 0.210 e. The molecule has 0 aliphatic rings. The summed E-state index contributed by atoms with van der Waals surface area (Å²) in [6.45, 7) is 0.208. The van der Waals surface area contributed by atoms with E-state index in [1.807, 2.05) is 6.07 Å². The number of nitriles is 1. The monoisotopic (exact) mass is 303 g/mol. The molecule has 0 amide bonds. The highest BCUT2D eigenvalue weighted by molar-refractivity contribution is 9.10. The van der Waals surface area contributed by atoms with Crippen LogP contribution in [-0.2, 0) is 10.0 Å². The highest BCUT2D eigenvalue weighted by atomic mass is 79.9. The van der Waals surface area contributed by atoms with Crippen molar-refractivity contribution in [3.63, 3.8) is 0 Å². The lowest BCUT2D eigenvalue weighted by molar-refractivity contribution is 0.598. The summed E-state index contributed by atoms with van der Waals surface area (Å²) in [4.78, 5) is 0. The normalized spacial score (nSPS) is 10.8. The quantitative estimate of drug-likeness (QED) is 0.868. The number of nitrogens with two attached hydrogens (primary N) is 1. The van der Waals surface area contributed by atoms with Crippen LogP contribution in [0.4, 0.5) is 5.69 Å². The number of nitrogens with zero attached hydrogens (tertiary/aromatic N) is 1. The van der Waals surface area contributed by atoms with Gasteiger partial charge in [-0.1, -0.05) is 15.9 Å². The Morgan fingerprint density at radius 3 is 2.69 bits per heavy atom. The van der Waals surface area contributed by atoms with Crippen LogP contribution in [0.3, 0.4) is 0 Å². The molecule has 0 fully saturated rings. The van der Waals surface area contributed by atoms with Crippen LogP contribution in [0, 0.1) is 11.3 Å². The summed E-state index contributed by atoms with van der Waals surface area (Å²) >= 11 is 3.25. The molecule has 0 aliphatic heterocycles. The molecule has 1 aromatic carbocycles. The van der Waals surface area contributed by atoms with Gasteiger partial charge < -0.3 is 5.32 Å². The minimum absolute atomic E-state index is 0.151. The molecule has 1 aromatic rings. The Morgan fingerprint density at radius 2 is 2.12 bits per heavy atom. The Balaban J connectivity index is 2.68. The largest absolute Gasteiger partial charge is 0.384 e. The first kappa shape index (κ1) is 13.0. The molecular formula is C9H10BrN3O2S. The standard InChI is InChI=1S/C9H10BrN3O2S/c10-8-3-7(6-11)4-9(5-8)13-1-2-16(12,14)15/h3-5,13H,1-2H2,(H2,12,14,15). The van der Waals surface area contributed by atoms with E-state index < -0.39 is 10.0 Å². The van der Waals surface area contributed by atoms with Crippen LogP contribution in [-0.4, -0.2) is 20.7 Å². The third-order valence-electron chi connectivity index (χ3n) is 1.74. The van der Waals surface area contributed by atoms with Crippen LogP contribution in [0.1, 0.15) is 5.56 Å². The Labute approximate surface area is 102 Å². The third-order valence-corrected chi connectivity index (χ3v) is 2.97. The summed E-state index contributed by atoms with van der Waals surface area (Å²) in [7, 11) is -3.46. The topological polar surface area (TPSA) is 96.0 Å². The molecule has 0 saturated carbocycles. The predicted octanol–water partition coefficient (Wildman–Crippen LogP) is 1.02. The van der Waals surface area contributed by atoms with Crippen molar-refractivity contribution in [2.24, 2.45) is 5.14 Å². The fourth-order valence-corrected chi connectivity index (χ4v) is 1.97. The Hall–Kier alpha value is -1.10. The summed E-state index contributed by atoms with van der Waals surface area (Å²) in [5.74, 6) is -0.151. The number of halogens is 1. The van der Waals surface area contributed by atoms with Gasteiger partial charge in [0.1, 0.15) is 0 Å². The van der Waals surface area contributed by atoms with Crippen LogP contribution >= 0.6 is 15.9 Å². The Morgan fingerprint density at radius 1 is 1.44 bits per heavy atom. The van der Waals surface area contributed by atoms with Crippen molar-refractivity contribution in [3.8, 4) is 6.07 Å². The predicted molar refractivity (Wildman–Crippen MR) is 65.3 cm³/mol. The second kappa shape index (κ2) is 5.30. The van der Waals surface area contributed by atoms with E-state index in [1.165, 1.54) is 0 Å². The lowest BCUT2D eigenvalue weighted by Gasteiger charge is -2.06. The van der Waals surface area contributed by atoms with Gasteiger partial charge in [0.2, 0.25) is 10.0 Å². The summed E-state index contributed by atoms with van der Waals surface area (Å²) in [5, 5.41) is 16.5. The van der Waals surface area contributed by atoms with Gasteiger partial charge in [0.15, 0.2) is 0 Å². The fourth-order valence-electron chi connectivity index (χ4n) is 1.09. The van der Waals surface area contributed by atoms with Gasteiger partial charge in [-0.25, -0.2) is 13.6 Å². The van der Waals surface area contributed by atoms with E-state index in [0.29, 0.717) is 11.3 Å². The zero-order valence-electron chi connectivity index (χ0n) is 8.27. The minimum atomic E-state index is -3.46. The molecule has 0 heterocycles. The molecule has 1 rings (SSSR count). The first-order valence-corrected chi connectivity index (χ1v) is 6.86. The van der Waals surface area contributed by atoms with E-state index in [2.05, 4.69) is 21.2 Å². The summed E-state index contributed by atoms with van der Waals surface area (Å²) < 4.78 is 22.1. The van der Waals surface area contributed by atoms with Crippen molar-refractivity contribution in [1.29, 1.82) is 5.26 Å². The van der Waals surface area contributed by atoms with Crippen LogP contribution in [0.15, 0.2) is 22.7 Å². The van der Waals surface area contributed by atoms with Gasteiger partial charge >= 0.3 is 0 Å². The van der Waals surface area contributed by atoms with E-state index in [4.69, 9.17) is 10.4 Å². The van der Waals surface area contributed by atoms with Crippen molar-refractivity contribution in [3.05, 3.63) is 28.2 Å². The molecule has 3 N–H and O–H groups in total. The van der Waals surface area contributed by atoms with Gasteiger partial charge in [0, 0.05) is 16.7 Å². The van der Waals surface area contributed by atoms with E-state index >= 15 is 0 Å². The number of nitrogens with one attached hydrogen (secondary N) is 1. The SMILES string of the molecule is N#Cc1cc(Br)cc(NCCS(N)(=O)=O)c1. The molecule has 0 saturated heterocycles. The Bertz CT molecular complexity index is 522. The van der Waals surface area contributed by atoms with Gasteiger partial charge in [0.25, 0.3) is 0 Å². The zero-order valence-corrected chi connectivity index (χ0v) is 10.7. The molecular weight excluding hydrogens is 294 g/mol. The maximum Gasteiger partial charge on any atom is 0.210 e. The summed E-state index contributed by atoms with van der Waals surface area (Å²) in [5.41, 5.74) is 1.17. The van der Waals surface area contributed by atoms with E-state index in [0.717, 1.165) is 4.47 Å². The molecule has 0 aliphatic carbocycles. The average molecular weight is 304 g/mol. The number of anilines is 1. The van der Waals surface area contributed by atoms with Gasteiger partial charge in [0.05, 0.1) is 17.4 Å². The number of benzene rings is 1. The van der Waals surface area contributed by atoms with E-state index in [1.54, 1.807) is 18.2 Å². The molecule has 0 unspecified atom stereocenters. The van der Waals surface area contributed by atoms with E-state index in [-0.39, 0.29) is 12.3 Å². The molecule has 0 bridgehead atoms. The van der Waals surface area contributed by atoms with Gasteiger partial charge in [-0.3, -0.25) is 0 Å². The molecule has 16 heavy (non-hydrogen) atoms. The maximum atomic E-state index is 10.7. The van der Waals surface area contributed by atoms with Crippen LogP contribution in [0.2, 0.25) is 0 Å². The molecule has 86 valence electrons. The van der Waals surface area contributed by atoms with Crippen molar-refractivity contribution >= 4 is 31.6 Å². The van der Waals surface area contributed by atoms with Crippen molar-refractivity contribution in [2.75, 3.05) is 17.6 Å². The molecule has 0 aromatic heterocycles. The lowest BCUT2D eigenvalue weighted by Crippen LogP contribution is -2.22. The summed E-state index contributed by atoms with van der Waals surface area (Å²) in [6, 6.07) is 7.06. The number of hydrogen-bond acceptors (Lipinski definition) is 4. The molecule has 0 spiro atoms. The molecule has 0 atom stereocenters. The second-order valence-corrected chi connectivity index (χ2v) is 5.78. The third kappa shape index (κ3) is 4.61. The fraction of sp³-hybridized carbons (Fsp3) is 0.222. The second-order valence-electron chi connectivity index (χ2n) is 3.13. The zero-order chi connectivity index (χ0) is 12.2. The van der Waals surface area contributed by atoms with Crippen LogP contribution < -0.4 is 10.5 Å². The van der Waals surface area contributed by atoms with Crippen molar-refractivity contribution in [1.82, 2.24) is 0 Å². The number of primary sulfonamides is 1. The molecule has 7 heteroatoms.